The third-order valence-electron chi connectivity index (χ3n) is 5.74. The molecule has 132 valence electrons. The van der Waals surface area contributed by atoms with E-state index in [-0.39, 0.29) is 12.2 Å². The molecule has 2 nitrogen and oxygen atoms in total. The minimum Gasteiger partial charge on any atom is -0.393 e. The van der Waals surface area contributed by atoms with Gasteiger partial charge in [-0.25, -0.2) is 0 Å². The van der Waals surface area contributed by atoms with Crippen molar-refractivity contribution in [3.05, 3.63) is 0 Å². The third kappa shape index (κ3) is 7.28. The summed E-state index contributed by atoms with van der Waals surface area (Å²) in [5.74, 6) is 0. The molecule has 0 radical (unpaired) electrons. The van der Waals surface area contributed by atoms with Gasteiger partial charge in [-0.1, -0.05) is 65.0 Å². The van der Waals surface area contributed by atoms with Crippen LogP contribution in [0.2, 0.25) is 50.4 Å². The Kier molecular flexibility index (Phi) is 7.84. The standard InChI is InChI=1S/2C9H20OSi/c2*1-11(2,3)9-6-4-5-8(10)7-9/h2*8-10H,4-7H2,1-3H3. The van der Waals surface area contributed by atoms with Crippen molar-refractivity contribution in [2.45, 2.75) is 114 Å². The average Bonchev–Trinajstić information content (AvgIpc) is 2.37. The summed E-state index contributed by atoms with van der Waals surface area (Å²) in [4.78, 5) is 0. The first-order chi connectivity index (χ1) is 10.00. The highest BCUT2D eigenvalue weighted by Gasteiger charge is 2.31. The highest BCUT2D eigenvalue weighted by atomic mass is 28.3. The zero-order chi connectivity index (χ0) is 17.0. The van der Waals surface area contributed by atoms with Crippen molar-refractivity contribution in [1.29, 1.82) is 0 Å². The number of aliphatic hydroxyl groups is 2. The van der Waals surface area contributed by atoms with Crippen molar-refractivity contribution in [2.24, 2.45) is 0 Å². The lowest BCUT2D eigenvalue weighted by Crippen LogP contribution is -2.33. The van der Waals surface area contributed by atoms with E-state index in [1.807, 2.05) is 0 Å². The van der Waals surface area contributed by atoms with Gasteiger partial charge in [-0.05, 0) is 36.8 Å². The molecule has 4 heteroatoms. The van der Waals surface area contributed by atoms with E-state index in [0.717, 1.165) is 36.8 Å². The Morgan fingerprint density at radius 2 is 0.909 bits per heavy atom. The molecule has 2 N–H and O–H groups in total. The van der Waals surface area contributed by atoms with Crippen molar-refractivity contribution in [2.75, 3.05) is 0 Å². The summed E-state index contributed by atoms with van der Waals surface area (Å²) in [6.07, 6.45) is 9.50. The second-order valence-electron chi connectivity index (χ2n) is 9.77. The summed E-state index contributed by atoms with van der Waals surface area (Å²) in [7, 11) is -1.92. The van der Waals surface area contributed by atoms with E-state index in [4.69, 9.17) is 0 Å². The largest absolute Gasteiger partial charge is 0.393 e. The molecule has 4 unspecified atom stereocenters. The highest BCUT2D eigenvalue weighted by molar-refractivity contribution is 6.77. The van der Waals surface area contributed by atoms with Crippen LogP contribution < -0.4 is 0 Å². The van der Waals surface area contributed by atoms with Crippen LogP contribution in [-0.4, -0.2) is 38.6 Å². The molecule has 2 aliphatic carbocycles. The molecule has 2 rings (SSSR count). The molecule has 0 aromatic rings. The lowest BCUT2D eigenvalue weighted by atomic mass is 9.97. The van der Waals surface area contributed by atoms with Crippen molar-refractivity contribution in [1.82, 2.24) is 0 Å². The van der Waals surface area contributed by atoms with E-state index in [2.05, 4.69) is 39.3 Å². The molecule has 0 spiro atoms. The van der Waals surface area contributed by atoms with Gasteiger partial charge in [0.25, 0.3) is 0 Å². The first kappa shape index (κ1) is 20.4. The van der Waals surface area contributed by atoms with Gasteiger partial charge < -0.3 is 10.2 Å². The highest BCUT2D eigenvalue weighted by Crippen LogP contribution is 2.37. The second-order valence-corrected chi connectivity index (χ2v) is 20.9. The fourth-order valence-electron chi connectivity index (χ4n) is 3.90. The maximum atomic E-state index is 9.47. The SMILES string of the molecule is C[Si](C)(C)C1CCCC(O)C1.C[Si](C)(C)C1CCCC(O)C1. The van der Waals surface area contributed by atoms with Crippen LogP contribution in [-0.2, 0) is 0 Å². The molecule has 0 heterocycles. The van der Waals surface area contributed by atoms with Crippen LogP contribution in [0.15, 0.2) is 0 Å². The van der Waals surface area contributed by atoms with Gasteiger partial charge in [-0.2, -0.15) is 0 Å². The Labute approximate surface area is 140 Å². The molecule has 4 atom stereocenters. The van der Waals surface area contributed by atoms with Crippen LogP contribution >= 0.6 is 0 Å². The summed E-state index contributed by atoms with van der Waals surface area (Å²) in [6.45, 7) is 14.5. The van der Waals surface area contributed by atoms with E-state index in [1.165, 1.54) is 25.7 Å². The van der Waals surface area contributed by atoms with Crippen LogP contribution in [0.3, 0.4) is 0 Å². The third-order valence-corrected chi connectivity index (χ3v) is 11.7. The predicted octanol–water partition coefficient (Wildman–Crippen LogP) is 5.26. The first-order valence-corrected chi connectivity index (χ1v) is 16.5. The fourth-order valence-corrected chi connectivity index (χ4v) is 8.00. The first-order valence-electron chi connectivity index (χ1n) is 9.36. The topological polar surface area (TPSA) is 40.5 Å². The quantitative estimate of drug-likeness (QED) is 0.671. The molecule has 22 heavy (non-hydrogen) atoms. The average molecular weight is 345 g/mol. The number of hydrogen-bond acceptors (Lipinski definition) is 2. The Hall–Kier alpha value is 0.354. The van der Waals surface area contributed by atoms with Gasteiger partial charge in [-0.3, -0.25) is 0 Å². The van der Waals surface area contributed by atoms with E-state index in [1.54, 1.807) is 0 Å². The van der Waals surface area contributed by atoms with Crippen LogP contribution in [0.5, 0.6) is 0 Å². The molecule has 0 bridgehead atoms. The molecule has 0 saturated heterocycles. The van der Waals surface area contributed by atoms with Crippen LogP contribution in [0.1, 0.15) is 51.4 Å². The van der Waals surface area contributed by atoms with Crippen molar-refractivity contribution in [3.63, 3.8) is 0 Å². The molecule has 0 aliphatic heterocycles. The second kappa shape index (κ2) is 8.45. The van der Waals surface area contributed by atoms with Crippen molar-refractivity contribution in [3.8, 4) is 0 Å². The summed E-state index contributed by atoms with van der Waals surface area (Å²) in [6, 6.07) is 0. The Morgan fingerprint density at radius 1 is 0.591 bits per heavy atom. The lowest BCUT2D eigenvalue weighted by molar-refractivity contribution is 0.129. The zero-order valence-electron chi connectivity index (χ0n) is 15.9. The number of hydrogen-bond donors (Lipinski definition) is 2. The molecular weight excluding hydrogens is 304 g/mol. The smallest absolute Gasteiger partial charge is 0.0540 e. The van der Waals surface area contributed by atoms with Gasteiger partial charge in [0.05, 0.1) is 12.2 Å². The lowest BCUT2D eigenvalue weighted by Gasteiger charge is -2.34. The van der Waals surface area contributed by atoms with Gasteiger partial charge in [0.1, 0.15) is 0 Å². The monoisotopic (exact) mass is 344 g/mol. The van der Waals surface area contributed by atoms with Crippen molar-refractivity contribution >= 4 is 16.1 Å². The Balaban J connectivity index is 0.000000220. The van der Waals surface area contributed by atoms with Crippen molar-refractivity contribution < 1.29 is 10.2 Å². The van der Waals surface area contributed by atoms with E-state index in [9.17, 15) is 10.2 Å². The minimum absolute atomic E-state index is 0.0143. The van der Waals surface area contributed by atoms with Crippen LogP contribution in [0.25, 0.3) is 0 Å². The zero-order valence-corrected chi connectivity index (χ0v) is 17.9. The summed E-state index contributed by atoms with van der Waals surface area (Å²) in [5.41, 5.74) is 1.73. The Bertz CT molecular complexity index is 288. The van der Waals surface area contributed by atoms with Crippen LogP contribution in [0.4, 0.5) is 0 Å². The molecule has 0 aromatic heterocycles. The molecule has 2 aliphatic rings. The van der Waals surface area contributed by atoms with E-state index in [0.29, 0.717) is 0 Å². The fraction of sp³-hybridized carbons (Fsp3) is 1.00. The summed E-state index contributed by atoms with van der Waals surface area (Å²) in [5, 5.41) is 18.9. The predicted molar refractivity (Wildman–Crippen MR) is 103 cm³/mol. The number of aliphatic hydroxyl groups excluding tert-OH is 2. The molecule has 0 aromatic carbocycles. The van der Waals surface area contributed by atoms with Gasteiger partial charge in [0, 0.05) is 16.1 Å². The molecule has 0 amide bonds. The summed E-state index contributed by atoms with van der Waals surface area (Å²) < 4.78 is 0. The van der Waals surface area contributed by atoms with Gasteiger partial charge in [0.2, 0.25) is 0 Å². The molecular formula is C18H40O2Si2. The molecule has 2 fully saturated rings. The summed E-state index contributed by atoms with van der Waals surface area (Å²) >= 11 is 0. The molecule has 2 saturated carbocycles. The number of rotatable bonds is 2. The normalized spacial score (nSPS) is 33.8. The van der Waals surface area contributed by atoms with E-state index < -0.39 is 16.1 Å². The Morgan fingerprint density at radius 3 is 1.09 bits per heavy atom. The van der Waals surface area contributed by atoms with Gasteiger partial charge >= 0.3 is 0 Å². The minimum atomic E-state index is -0.958. The maximum Gasteiger partial charge on any atom is 0.0540 e. The van der Waals surface area contributed by atoms with Crippen LogP contribution in [0, 0.1) is 0 Å². The maximum absolute atomic E-state index is 9.47. The van der Waals surface area contributed by atoms with Gasteiger partial charge in [-0.15, -0.1) is 0 Å². The van der Waals surface area contributed by atoms with E-state index >= 15 is 0 Å². The van der Waals surface area contributed by atoms with Gasteiger partial charge in [0.15, 0.2) is 0 Å².